The highest BCUT2D eigenvalue weighted by Gasteiger charge is 2.39. The lowest BCUT2D eigenvalue weighted by atomic mass is 9.85. The molecule has 3 nitrogen and oxygen atoms in total. The number of hydrogen-bond donors (Lipinski definition) is 1. The van der Waals surface area contributed by atoms with Gasteiger partial charge in [-0.05, 0) is 37.6 Å². The lowest BCUT2D eigenvalue weighted by Crippen LogP contribution is -2.37. The molecule has 1 unspecified atom stereocenters. The lowest BCUT2D eigenvalue weighted by Gasteiger charge is -2.27. The highest BCUT2D eigenvalue weighted by atomic mass is 16.3. The minimum absolute atomic E-state index is 0.109. The Morgan fingerprint density at radius 3 is 2.76 bits per heavy atom. The van der Waals surface area contributed by atoms with Crippen molar-refractivity contribution in [3.8, 4) is 6.07 Å². The van der Waals surface area contributed by atoms with E-state index < -0.39 is 0 Å². The van der Waals surface area contributed by atoms with Gasteiger partial charge in [-0.3, -0.25) is 0 Å². The van der Waals surface area contributed by atoms with Crippen LogP contribution in [0.15, 0.2) is 18.2 Å². The molecule has 2 rings (SSSR count). The monoisotopic (exact) mass is 230 g/mol. The van der Waals surface area contributed by atoms with Gasteiger partial charge >= 0.3 is 0 Å². The summed E-state index contributed by atoms with van der Waals surface area (Å²) in [4.78, 5) is 2.28. The summed E-state index contributed by atoms with van der Waals surface area (Å²) in [6.45, 7) is 7.26. The molecule has 1 aromatic rings. The SMILES string of the molecule is CC(C)N1CC(C)(CO)c2cc(C#N)ccc21. The Morgan fingerprint density at radius 1 is 1.53 bits per heavy atom. The summed E-state index contributed by atoms with van der Waals surface area (Å²) in [6, 6.07) is 8.31. The van der Waals surface area contributed by atoms with E-state index in [9.17, 15) is 5.11 Å². The normalized spacial score (nSPS) is 22.7. The molecule has 0 radical (unpaired) electrons. The maximum absolute atomic E-state index is 9.63. The predicted octanol–water partition coefficient (Wildman–Crippen LogP) is 2.04. The molecule has 17 heavy (non-hydrogen) atoms. The van der Waals surface area contributed by atoms with Gasteiger partial charge in [-0.25, -0.2) is 0 Å². The van der Waals surface area contributed by atoms with E-state index >= 15 is 0 Å². The number of nitriles is 1. The maximum atomic E-state index is 9.63. The maximum Gasteiger partial charge on any atom is 0.0991 e. The molecule has 1 aromatic carbocycles. The lowest BCUT2D eigenvalue weighted by molar-refractivity contribution is 0.214. The zero-order chi connectivity index (χ0) is 12.6. The highest BCUT2D eigenvalue weighted by Crippen LogP contribution is 2.41. The fraction of sp³-hybridized carbons (Fsp3) is 0.500. The van der Waals surface area contributed by atoms with Crippen LogP contribution < -0.4 is 4.90 Å². The Kier molecular flexibility index (Phi) is 2.84. The molecule has 1 aliphatic heterocycles. The van der Waals surface area contributed by atoms with Crippen LogP contribution in [0.1, 0.15) is 31.9 Å². The molecule has 0 amide bonds. The van der Waals surface area contributed by atoms with E-state index in [1.165, 1.54) is 0 Å². The summed E-state index contributed by atoms with van der Waals surface area (Å²) >= 11 is 0. The van der Waals surface area contributed by atoms with Gasteiger partial charge < -0.3 is 10.0 Å². The molecule has 0 aromatic heterocycles. The van der Waals surface area contributed by atoms with Gasteiger partial charge in [0.05, 0.1) is 18.2 Å². The van der Waals surface area contributed by atoms with Crippen LogP contribution in [0.3, 0.4) is 0 Å². The van der Waals surface area contributed by atoms with E-state index in [1.807, 2.05) is 18.2 Å². The summed E-state index contributed by atoms with van der Waals surface area (Å²) in [5, 5.41) is 18.6. The molecule has 1 heterocycles. The minimum Gasteiger partial charge on any atom is -0.395 e. The second kappa shape index (κ2) is 4.05. The van der Waals surface area contributed by atoms with Crippen LogP contribution in [0.2, 0.25) is 0 Å². The quantitative estimate of drug-likeness (QED) is 0.845. The second-order valence-corrected chi connectivity index (χ2v) is 5.28. The molecule has 1 N–H and O–H groups in total. The van der Waals surface area contributed by atoms with Crippen molar-refractivity contribution in [3.63, 3.8) is 0 Å². The first-order valence-electron chi connectivity index (χ1n) is 5.94. The van der Waals surface area contributed by atoms with Crippen molar-refractivity contribution in [1.29, 1.82) is 5.26 Å². The van der Waals surface area contributed by atoms with Crippen LogP contribution in [0, 0.1) is 11.3 Å². The fourth-order valence-electron chi connectivity index (χ4n) is 2.48. The largest absolute Gasteiger partial charge is 0.395 e. The molecular formula is C14H18N2O. The number of aliphatic hydroxyl groups excluding tert-OH is 1. The number of anilines is 1. The van der Waals surface area contributed by atoms with E-state index in [0.717, 1.165) is 17.8 Å². The van der Waals surface area contributed by atoms with Crippen LogP contribution >= 0.6 is 0 Å². The number of fused-ring (bicyclic) bond motifs is 1. The molecular weight excluding hydrogens is 212 g/mol. The second-order valence-electron chi connectivity index (χ2n) is 5.28. The summed E-state index contributed by atoms with van der Waals surface area (Å²) < 4.78 is 0. The van der Waals surface area contributed by atoms with Crippen molar-refractivity contribution in [2.75, 3.05) is 18.1 Å². The summed E-state index contributed by atoms with van der Waals surface area (Å²) in [6.07, 6.45) is 0. The Labute approximate surface area is 102 Å². The molecule has 0 bridgehead atoms. The summed E-state index contributed by atoms with van der Waals surface area (Å²) in [5.41, 5.74) is 2.64. The smallest absolute Gasteiger partial charge is 0.0991 e. The Morgan fingerprint density at radius 2 is 2.24 bits per heavy atom. The van der Waals surface area contributed by atoms with E-state index in [0.29, 0.717) is 11.6 Å². The molecule has 3 heteroatoms. The predicted molar refractivity (Wildman–Crippen MR) is 68.1 cm³/mol. The van der Waals surface area contributed by atoms with Crippen LogP contribution in [0.5, 0.6) is 0 Å². The van der Waals surface area contributed by atoms with Gasteiger partial charge in [0.1, 0.15) is 0 Å². The van der Waals surface area contributed by atoms with Gasteiger partial charge in [0.15, 0.2) is 0 Å². The van der Waals surface area contributed by atoms with Crippen LogP contribution in [-0.4, -0.2) is 24.3 Å². The van der Waals surface area contributed by atoms with Gasteiger partial charge in [0.2, 0.25) is 0 Å². The van der Waals surface area contributed by atoms with E-state index in [2.05, 4.69) is 31.7 Å². The van der Waals surface area contributed by atoms with Crippen molar-refractivity contribution in [1.82, 2.24) is 0 Å². The Hall–Kier alpha value is -1.53. The minimum atomic E-state index is -0.257. The van der Waals surface area contributed by atoms with E-state index in [4.69, 9.17) is 5.26 Å². The van der Waals surface area contributed by atoms with Crippen molar-refractivity contribution >= 4 is 5.69 Å². The Bertz CT molecular complexity index is 476. The van der Waals surface area contributed by atoms with Crippen molar-refractivity contribution < 1.29 is 5.11 Å². The van der Waals surface area contributed by atoms with Gasteiger partial charge in [-0.2, -0.15) is 5.26 Å². The van der Waals surface area contributed by atoms with Crippen LogP contribution in [0.4, 0.5) is 5.69 Å². The average molecular weight is 230 g/mol. The average Bonchev–Trinajstić information content (AvgIpc) is 2.63. The number of rotatable bonds is 2. The molecule has 90 valence electrons. The molecule has 1 aliphatic rings. The van der Waals surface area contributed by atoms with Gasteiger partial charge in [0, 0.05) is 23.7 Å². The molecule has 0 saturated carbocycles. The van der Waals surface area contributed by atoms with Crippen molar-refractivity contribution in [2.45, 2.75) is 32.2 Å². The summed E-state index contributed by atoms with van der Waals surface area (Å²) in [7, 11) is 0. The molecule has 1 atom stereocenters. The molecule has 0 saturated heterocycles. The molecule has 0 spiro atoms. The van der Waals surface area contributed by atoms with Gasteiger partial charge in [-0.1, -0.05) is 6.92 Å². The Balaban J connectivity index is 2.56. The third-order valence-electron chi connectivity index (χ3n) is 3.58. The summed E-state index contributed by atoms with van der Waals surface area (Å²) in [5.74, 6) is 0. The zero-order valence-corrected chi connectivity index (χ0v) is 10.6. The third-order valence-corrected chi connectivity index (χ3v) is 3.58. The van der Waals surface area contributed by atoms with E-state index in [-0.39, 0.29) is 12.0 Å². The number of benzene rings is 1. The van der Waals surface area contributed by atoms with Gasteiger partial charge in [0.25, 0.3) is 0 Å². The molecule has 0 aliphatic carbocycles. The standard InChI is InChI=1S/C14H18N2O/c1-10(2)16-8-14(3,9-17)12-6-11(7-15)4-5-13(12)16/h4-6,10,17H,8-9H2,1-3H3. The van der Waals surface area contributed by atoms with Crippen LogP contribution in [-0.2, 0) is 5.41 Å². The molecule has 0 fully saturated rings. The van der Waals surface area contributed by atoms with Crippen molar-refractivity contribution in [2.24, 2.45) is 0 Å². The topological polar surface area (TPSA) is 47.3 Å². The number of nitrogens with zero attached hydrogens (tertiary/aromatic N) is 2. The van der Waals surface area contributed by atoms with Crippen molar-refractivity contribution in [3.05, 3.63) is 29.3 Å². The van der Waals surface area contributed by atoms with Crippen LogP contribution in [0.25, 0.3) is 0 Å². The highest BCUT2D eigenvalue weighted by molar-refractivity contribution is 5.65. The first kappa shape index (κ1) is 11.9. The first-order chi connectivity index (χ1) is 8.01. The zero-order valence-electron chi connectivity index (χ0n) is 10.6. The fourth-order valence-corrected chi connectivity index (χ4v) is 2.48. The number of hydrogen-bond acceptors (Lipinski definition) is 3. The third kappa shape index (κ3) is 1.79. The first-order valence-corrected chi connectivity index (χ1v) is 5.94. The van der Waals surface area contributed by atoms with Gasteiger partial charge in [-0.15, -0.1) is 0 Å². The number of aliphatic hydroxyl groups is 1. The van der Waals surface area contributed by atoms with E-state index in [1.54, 1.807) is 0 Å².